The van der Waals surface area contributed by atoms with Crippen molar-refractivity contribution in [1.82, 2.24) is 0 Å². The van der Waals surface area contributed by atoms with Crippen LogP contribution in [0.5, 0.6) is 11.5 Å². The summed E-state index contributed by atoms with van der Waals surface area (Å²) in [6, 6.07) is 13.8. The van der Waals surface area contributed by atoms with Crippen LogP contribution in [0.2, 0.25) is 0 Å². The first kappa shape index (κ1) is 23.7. The molecule has 0 fully saturated rings. The Balaban J connectivity index is 2.12. The van der Waals surface area contributed by atoms with Gasteiger partial charge in [0.05, 0.1) is 5.69 Å². The molecular weight excluding hydrogens is 402 g/mol. The maximum Gasteiger partial charge on any atom is 0.412 e. The third-order valence-electron chi connectivity index (χ3n) is 3.70. The molecular formula is C23H27NO7. The quantitative estimate of drug-likeness (QED) is 0.488. The summed E-state index contributed by atoms with van der Waals surface area (Å²) >= 11 is 0. The van der Waals surface area contributed by atoms with Crippen molar-refractivity contribution >= 4 is 23.7 Å². The Morgan fingerprint density at radius 3 is 2.29 bits per heavy atom. The van der Waals surface area contributed by atoms with E-state index < -0.39 is 30.2 Å². The van der Waals surface area contributed by atoms with Crippen LogP contribution in [0.4, 0.5) is 10.5 Å². The zero-order chi connectivity index (χ0) is 22.9. The molecule has 0 unspecified atom stereocenters. The predicted molar refractivity (Wildman–Crippen MR) is 114 cm³/mol. The number of ether oxygens (including phenoxy) is 4. The fourth-order valence-corrected chi connectivity index (χ4v) is 2.40. The van der Waals surface area contributed by atoms with Crippen LogP contribution in [-0.4, -0.2) is 30.2 Å². The Labute approximate surface area is 181 Å². The van der Waals surface area contributed by atoms with Crippen molar-refractivity contribution < 1.29 is 33.3 Å². The van der Waals surface area contributed by atoms with E-state index in [4.69, 9.17) is 18.9 Å². The molecule has 1 amide bonds. The lowest BCUT2D eigenvalue weighted by atomic mass is 10.2. The molecule has 1 N–H and O–H groups in total. The van der Waals surface area contributed by atoms with Gasteiger partial charge in [0.25, 0.3) is 0 Å². The van der Waals surface area contributed by atoms with E-state index in [9.17, 15) is 14.4 Å². The molecule has 0 aliphatic carbocycles. The number of rotatable bonds is 8. The molecule has 0 aliphatic heterocycles. The molecule has 0 radical (unpaired) electrons. The summed E-state index contributed by atoms with van der Waals surface area (Å²) in [6.45, 7) is 6.54. The molecule has 0 spiro atoms. The normalized spacial score (nSPS) is 10.7. The standard InChI is InChI=1S/C23H27NO7/c1-5-19(25)30-21-17(24-22(27)29-14-16-10-7-6-8-11-16)12-9-13-18(21)28-15-20(26)31-23(2,3)4/h6-13H,5,14-15H2,1-4H3,(H,24,27). The predicted octanol–water partition coefficient (Wildman–Crippen LogP) is 4.47. The van der Waals surface area contributed by atoms with E-state index in [-0.39, 0.29) is 30.2 Å². The van der Waals surface area contributed by atoms with Crippen molar-refractivity contribution in [2.75, 3.05) is 11.9 Å². The number of carbonyl (C=O) groups is 3. The highest BCUT2D eigenvalue weighted by atomic mass is 16.6. The zero-order valence-corrected chi connectivity index (χ0v) is 18.1. The maximum absolute atomic E-state index is 12.2. The van der Waals surface area contributed by atoms with Crippen molar-refractivity contribution in [2.24, 2.45) is 0 Å². The SMILES string of the molecule is CCC(=O)Oc1c(NC(=O)OCc2ccccc2)cccc1OCC(=O)OC(C)(C)C. The van der Waals surface area contributed by atoms with Gasteiger partial charge in [-0.05, 0) is 38.5 Å². The van der Waals surface area contributed by atoms with Gasteiger partial charge in [-0.1, -0.05) is 43.3 Å². The number of benzene rings is 2. The van der Waals surface area contributed by atoms with E-state index in [2.05, 4.69) is 5.32 Å². The van der Waals surface area contributed by atoms with Crippen LogP contribution in [0, 0.1) is 0 Å². The van der Waals surface area contributed by atoms with E-state index in [1.807, 2.05) is 30.3 Å². The van der Waals surface area contributed by atoms with Gasteiger partial charge in [-0.2, -0.15) is 0 Å². The molecule has 31 heavy (non-hydrogen) atoms. The molecule has 0 saturated heterocycles. The first-order valence-corrected chi connectivity index (χ1v) is 9.84. The van der Waals surface area contributed by atoms with Crippen molar-refractivity contribution in [3.63, 3.8) is 0 Å². The number of carbonyl (C=O) groups excluding carboxylic acids is 3. The molecule has 0 atom stereocenters. The minimum absolute atomic E-state index is 0.0189. The monoisotopic (exact) mass is 429 g/mol. The second-order valence-electron chi connectivity index (χ2n) is 7.52. The average Bonchev–Trinajstić information content (AvgIpc) is 2.71. The first-order valence-electron chi connectivity index (χ1n) is 9.84. The van der Waals surface area contributed by atoms with Crippen LogP contribution in [0.3, 0.4) is 0 Å². The summed E-state index contributed by atoms with van der Waals surface area (Å²) < 4.78 is 21.2. The Bertz CT molecular complexity index is 904. The van der Waals surface area contributed by atoms with E-state index in [0.29, 0.717) is 0 Å². The van der Waals surface area contributed by atoms with Gasteiger partial charge in [0.15, 0.2) is 18.1 Å². The molecule has 2 aromatic carbocycles. The molecule has 0 aromatic heterocycles. The largest absolute Gasteiger partial charge is 0.478 e. The van der Waals surface area contributed by atoms with Gasteiger partial charge >= 0.3 is 18.0 Å². The van der Waals surface area contributed by atoms with Gasteiger partial charge in [0, 0.05) is 6.42 Å². The average molecular weight is 429 g/mol. The van der Waals surface area contributed by atoms with Gasteiger partial charge in [-0.15, -0.1) is 0 Å². The van der Waals surface area contributed by atoms with Crippen LogP contribution in [-0.2, 0) is 25.7 Å². The van der Waals surface area contributed by atoms with Crippen LogP contribution in [0.25, 0.3) is 0 Å². The van der Waals surface area contributed by atoms with E-state index in [1.165, 1.54) is 12.1 Å². The summed E-state index contributed by atoms with van der Waals surface area (Å²) in [6.07, 6.45) is -0.625. The van der Waals surface area contributed by atoms with E-state index >= 15 is 0 Å². The Kier molecular flexibility index (Phi) is 8.43. The second-order valence-corrected chi connectivity index (χ2v) is 7.52. The molecule has 0 saturated carbocycles. The van der Waals surface area contributed by atoms with Crippen LogP contribution in [0.15, 0.2) is 48.5 Å². The van der Waals surface area contributed by atoms with Gasteiger partial charge in [-0.3, -0.25) is 10.1 Å². The molecule has 8 heteroatoms. The molecule has 8 nitrogen and oxygen atoms in total. The summed E-state index contributed by atoms with van der Waals surface area (Å²) in [4.78, 5) is 36.1. The van der Waals surface area contributed by atoms with Gasteiger partial charge in [0.2, 0.25) is 0 Å². The fourth-order valence-electron chi connectivity index (χ4n) is 2.40. The highest BCUT2D eigenvalue weighted by molar-refractivity contribution is 5.89. The molecule has 0 aliphatic rings. The van der Waals surface area contributed by atoms with Crippen molar-refractivity contribution in [1.29, 1.82) is 0 Å². The number of hydrogen-bond acceptors (Lipinski definition) is 7. The lowest BCUT2D eigenvalue weighted by Gasteiger charge is -2.20. The number of nitrogens with one attached hydrogen (secondary N) is 1. The number of esters is 2. The smallest absolute Gasteiger partial charge is 0.412 e. The lowest BCUT2D eigenvalue weighted by Crippen LogP contribution is -2.27. The number of anilines is 1. The van der Waals surface area contributed by atoms with Crippen molar-refractivity contribution in [2.45, 2.75) is 46.3 Å². The van der Waals surface area contributed by atoms with E-state index in [1.54, 1.807) is 33.8 Å². The minimum Gasteiger partial charge on any atom is -0.478 e. The lowest BCUT2D eigenvalue weighted by molar-refractivity contribution is -0.157. The summed E-state index contributed by atoms with van der Waals surface area (Å²) in [7, 11) is 0. The first-order chi connectivity index (χ1) is 14.7. The van der Waals surface area contributed by atoms with Crippen LogP contribution < -0.4 is 14.8 Å². The van der Waals surface area contributed by atoms with Crippen LogP contribution in [0.1, 0.15) is 39.7 Å². The molecule has 166 valence electrons. The summed E-state index contributed by atoms with van der Waals surface area (Å²) in [5, 5.41) is 2.54. The number of para-hydroxylation sites is 1. The van der Waals surface area contributed by atoms with Crippen molar-refractivity contribution in [3.8, 4) is 11.5 Å². The maximum atomic E-state index is 12.2. The van der Waals surface area contributed by atoms with E-state index in [0.717, 1.165) is 5.56 Å². The minimum atomic E-state index is -0.734. The van der Waals surface area contributed by atoms with Gasteiger partial charge in [-0.25, -0.2) is 9.59 Å². The van der Waals surface area contributed by atoms with Crippen LogP contribution >= 0.6 is 0 Å². The third kappa shape index (κ3) is 8.38. The summed E-state index contributed by atoms with van der Waals surface area (Å²) in [5.74, 6) is -1.03. The summed E-state index contributed by atoms with van der Waals surface area (Å²) in [5.41, 5.74) is 0.329. The molecule has 0 bridgehead atoms. The van der Waals surface area contributed by atoms with Gasteiger partial charge < -0.3 is 18.9 Å². The number of amides is 1. The molecule has 0 heterocycles. The number of hydrogen-bond donors (Lipinski definition) is 1. The second kappa shape index (κ2) is 11.0. The highest BCUT2D eigenvalue weighted by Crippen LogP contribution is 2.36. The third-order valence-corrected chi connectivity index (χ3v) is 3.70. The van der Waals surface area contributed by atoms with Gasteiger partial charge in [0.1, 0.15) is 12.2 Å². The Morgan fingerprint density at radius 2 is 1.65 bits per heavy atom. The topological polar surface area (TPSA) is 100 Å². The highest BCUT2D eigenvalue weighted by Gasteiger charge is 2.20. The molecule has 2 rings (SSSR count). The molecule has 2 aromatic rings. The Morgan fingerprint density at radius 1 is 0.935 bits per heavy atom. The van der Waals surface area contributed by atoms with Crippen molar-refractivity contribution in [3.05, 3.63) is 54.1 Å². The Hall–Kier alpha value is -3.55. The fraction of sp³-hybridized carbons (Fsp3) is 0.348. The zero-order valence-electron chi connectivity index (χ0n) is 18.1.